The fourth-order valence-corrected chi connectivity index (χ4v) is 3.75. The standard InChI is InChI=1S/C16H22FN/c1-12-10-13-11-14(17)6-7-15(13)18-16(12)8-4-2-3-5-9-16/h6-7,11-12,18H,2-5,8-10H2,1H3. The van der Waals surface area contributed by atoms with Crippen LogP contribution in [0.5, 0.6) is 0 Å². The number of hydrogen-bond donors (Lipinski definition) is 1. The number of hydrogen-bond acceptors (Lipinski definition) is 1. The third kappa shape index (κ3) is 2.02. The van der Waals surface area contributed by atoms with Crippen LogP contribution in [0.25, 0.3) is 0 Å². The summed E-state index contributed by atoms with van der Waals surface area (Å²) >= 11 is 0. The quantitative estimate of drug-likeness (QED) is 0.710. The first kappa shape index (κ1) is 12.0. The van der Waals surface area contributed by atoms with Crippen molar-refractivity contribution in [2.24, 2.45) is 5.92 Å². The predicted octanol–water partition coefficient (Wildman–Crippen LogP) is 4.52. The minimum absolute atomic E-state index is 0.112. The highest BCUT2D eigenvalue weighted by molar-refractivity contribution is 5.56. The van der Waals surface area contributed by atoms with Crippen LogP contribution in [-0.4, -0.2) is 5.54 Å². The Kier molecular flexibility index (Phi) is 3.04. The van der Waals surface area contributed by atoms with Crippen molar-refractivity contribution >= 4 is 5.69 Å². The highest BCUT2D eigenvalue weighted by atomic mass is 19.1. The molecule has 1 atom stereocenters. The second-order valence-corrected chi connectivity index (χ2v) is 6.10. The molecule has 2 heteroatoms. The van der Waals surface area contributed by atoms with Gasteiger partial charge in [0.15, 0.2) is 0 Å². The molecule has 1 saturated carbocycles. The maximum atomic E-state index is 13.3. The molecular formula is C16H22FN. The van der Waals surface area contributed by atoms with Gasteiger partial charge in [-0.1, -0.05) is 32.6 Å². The number of anilines is 1. The zero-order chi connectivity index (χ0) is 12.6. The van der Waals surface area contributed by atoms with Crippen LogP contribution in [0.15, 0.2) is 18.2 Å². The highest BCUT2D eigenvalue weighted by Crippen LogP contribution is 2.42. The van der Waals surface area contributed by atoms with Crippen molar-refractivity contribution in [2.75, 3.05) is 5.32 Å². The molecule has 1 N–H and O–H groups in total. The van der Waals surface area contributed by atoms with Crippen molar-refractivity contribution in [3.63, 3.8) is 0 Å². The normalized spacial score (nSPS) is 26.2. The van der Waals surface area contributed by atoms with E-state index in [4.69, 9.17) is 0 Å². The molecule has 0 aromatic heterocycles. The lowest BCUT2D eigenvalue weighted by Crippen LogP contribution is -2.47. The van der Waals surface area contributed by atoms with Crippen LogP contribution in [0.4, 0.5) is 10.1 Å². The van der Waals surface area contributed by atoms with Crippen molar-refractivity contribution in [1.29, 1.82) is 0 Å². The molecule has 0 radical (unpaired) electrons. The first-order valence-corrected chi connectivity index (χ1v) is 7.26. The maximum Gasteiger partial charge on any atom is 0.123 e. The molecule has 1 heterocycles. The van der Waals surface area contributed by atoms with E-state index < -0.39 is 0 Å². The lowest BCUT2D eigenvalue weighted by molar-refractivity contribution is 0.271. The third-order valence-corrected chi connectivity index (χ3v) is 4.92. The van der Waals surface area contributed by atoms with Crippen LogP contribution in [0.2, 0.25) is 0 Å². The Morgan fingerprint density at radius 1 is 1.17 bits per heavy atom. The molecule has 1 unspecified atom stereocenters. The summed E-state index contributed by atoms with van der Waals surface area (Å²) in [6, 6.07) is 5.19. The Bertz CT molecular complexity index is 433. The number of benzene rings is 1. The summed E-state index contributed by atoms with van der Waals surface area (Å²) < 4.78 is 13.3. The van der Waals surface area contributed by atoms with Crippen LogP contribution in [-0.2, 0) is 6.42 Å². The summed E-state index contributed by atoms with van der Waals surface area (Å²) in [7, 11) is 0. The first-order valence-electron chi connectivity index (χ1n) is 7.26. The van der Waals surface area contributed by atoms with Crippen molar-refractivity contribution in [3.8, 4) is 0 Å². The highest BCUT2D eigenvalue weighted by Gasteiger charge is 2.39. The summed E-state index contributed by atoms with van der Waals surface area (Å²) in [5.41, 5.74) is 2.58. The van der Waals surface area contributed by atoms with Gasteiger partial charge in [-0.25, -0.2) is 4.39 Å². The second kappa shape index (κ2) is 4.56. The number of fused-ring (bicyclic) bond motifs is 1. The zero-order valence-electron chi connectivity index (χ0n) is 11.1. The van der Waals surface area contributed by atoms with Crippen LogP contribution in [0, 0.1) is 11.7 Å². The van der Waals surface area contributed by atoms with Gasteiger partial charge in [0.25, 0.3) is 0 Å². The molecule has 1 nitrogen and oxygen atoms in total. The van der Waals surface area contributed by atoms with E-state index in [1.807, 2.05) is 6.07 Å². The molecule has 1 fully saturated rings. The molecule has 1 aromatic rings. The van der Waals surface area contributed by atoms with Gasteiger partial charge in [-0.2, -0.15) is 0 Å². The Balaban J connectivity index is 1.92. The summed E-state index contributed by atoms with van der Waals surface area (Å²) in [6.45, 7) is 2.33. The van der Waals surface area contributed by atoms with Crippen molar-refractivity contribution in [2.45, 2.75) is 57.4 Å². The van der Waals surface area contributed by atoms with Gasteiger partial charge in [0.2, 0.25) is 0 Å². The zero-order valence-corrected chi connectivity index (χ0v) is 11.1. The third-order valence-electron chi connectivity index (χ3n) is 4.92. The van der Waals surface area contributed by atoms with Crippen molar-refractivity contribution in [3.05, 3.63) is 29.6 Å². The number of nitrogens with one attached hydrogen (secondary N) is 1. The van der Waals surface area contributed by atoms with Gasteiger partial charge in [0.1, 0.15) is 5.82 Å². The molecular weight excluding hydrogens is 225 g/mol. The van der Waals surface area contributed by atoms with Gasteiger partial charge >= 0.3 is 0 Å². The van der Waals surface area contributed by atoms with Gasteiger partial charge in [0, 0.05) is 11.2 Å². The van der Waals surface area contributed by atoms with Crippen LogP contribution in [0.3, 0.4) is 0 Å². The van der Waals surface area contributed by atoms with Gasteiger partial charge < -0.3 is 5.32 Å². The van der Waals surface area contributed by atoms with E-state index in [9.17, 15) is 4.39 Å². The van der Waals surface area contributed by atoms with Crippen molar-refractivity contribution in [1.82, 2.24) is 0 Å². The fraction of sp³-hybridized carbons (Fsp3) is 0.625. The Morgan fingerprint density at radius 2 is 1.89 bits per heavy atom. The topological polar surface area (TPSA) is 12.0 Å². The molecule has 0 saturated heterocycles. The molecule has 1 aliphatic carbocycles. The smallest absolute Gasteiger partial charge is 0.123 e. The van der Waals surface area contributed by atoms with Crippen LogP contribution in [0.1, 0.15) is 51.0 Å². The monoisotopic (exact) mass is 247 g/mol. The maximum absolute atomic E-state index is 13.3. The molecule has 0 amide bonds. The molecule has 1 spiro atoms. The SMILES string of the molecule is CC1Cc2cc(F)ccc2NC12CCCCCC2. The van der Waals surface area contributed by atoms with E-state index >= 15 is 0 Å². The second-order valence-electron chi connectivity index (χ2n) is 6.10. The summed E-state index contributed by atoms with van der Waals surface area (Å²) in [5, 5.41) is 3.76. The van der Waals surface area contributed by atoms with E-state index in [0.717, 1.165) is 17.7 Å². The van der Waals surface area contributed by atoms with E-state index in [-0.39, 0.29) is 11.4 Å². The Labute approximate surface area is 109 Å². The minimum Gasteiger partial charge on any atom is -0.379 e. The van der Waals surface area contributed by atoms with Gasteiger partial charge in [0.05, 0.1) is 0 Å². The van der Waals surface area contributed by atoms with E-state index in [1.54, 1.807) is 12.1 Å². The molecule has 2 aliphatic rings. The lowest BCUT2D eigenvalue weighted by Gasteiger charge is -2.45. The Morgan fingerprint density at radius 3 is 2.61 bits per heavy atom. The molecule has 18 heavy (non-hydrogen) atoms. The van der Waals surface area contributed by atoms with E-state index in [0.29, 0.717) is 5.92 Å². The van der Waals surface area contributed by atoms with Crippen LogP contribution >= 0.6 is 0 Å². The van der Waals surface area contributed by atoms with Crippen molar-refractivity contribution < 1.29 is 4.39 Å². The predicted molar refractivity (Wildman–Crippen MR) is 73.3 cm³/mol. The molecule has 0 bridgehead atoms. The van der Waals surface area contributed by atoms with Gasteiger partial charge in [-0.15, -0.1) is 0 Å². The number of rotatable bonds is 0. The molecule has 1 aromatic carbocycles. The summed E-state index contributed by atoms with van der Waals surface area (Å²) in [4.78, 5) is 0. The fourth-order valence-electron chi connectivity index (χ4n) is 3.75. The Hall–Kier alpha value is -1.05. The summed E-state index contributed by atoms with van der Waals surface area (Å²) in [5.74, 6) is 0.490. The average Bonchev–Trinajstić information content (AvgIpc) is 2.58. The average molecular weight is 247 g/mol. The first-order chi connectivity index (χ1) is 8.70. The van der Waals surface area contributed by atoms with Gasteiger partial charge in [-0.05, 0) is 48.9 Å². The van der Waals surface area contributed by atoms with Crippen LogP contribution < -0.4 is 5.32 Å². The minimum atomic E-state index is -0.112. The molecule has 98 valence electrons. The lowest BCUT2D eigenvalue weighted by atomic mass is 9.73. The molecule has 3 rings (SSSR count). The van der Waals surface area contributed by atoms with E-state index in [1.165, 1.54) is 38.5 Å². The largest absolute Gasteiger partial charge is 0.379 e. The number of halogens is 1. The summed E-state index contributed by atoms with van der Waals surface area (Å²) in [6.07, 6.45) is 8.94. The van der Waals surface area contributed by atoms with Gasteiger partial charge in [-0.3, -0.25) is 0 Å². The molecule has 1 aliphatic heterocycles. The van der Waals surface area contributed by atoms with E-state index in [2.05, 4.69) is 12.2 Å².